The number of hydrogen-bond donors (Lipinski definition) is 0. The van der Waals surface area contributed by atoms with Gasteiger partial charge >= 0.3 is 5.97 Å². The molecule has 114 valence electrons. The van der Waals surface area contributed by atoms with Gasteiger partial charge in [0.1, 0.15) is 0 Å². The van der Waals surface area contributed by atoms with E-state index in [9.17, 15) is 9.59 Å². The van der Waals surface area contributed by atoms with Crippen LogP contribution in [-0.2, 0) is 14.3 Å². The van der Waals surface area contributed by atoms with Crippen molar-refractivity contribution < 1.29 is 14.3 Å². The van der Waals surface area contributed by atoms with Gasteiger partial charge in [-0.15, -0.1) is 0 Å². The molecule has 4 nitrogen and oxygen atoms in total. The van der Waals surface area contributed by atoms with Crippen LogP contribution < -0.4 is 0 Å². The van der Waals surface area contributed by atoms with Crippen LogP contribution in [0, 0.1) is 11.8 Å². The molecule has 2 aliphatic rings. The average molecular weight is 281 g/mol. The third-order valence-electron chi connectivity index (χ3n) is 4.38. The van der Waals surface area contributed by atoms with Gasteiger partial charge in [-0.3, -0.25) is 9.59 Å². The van der Waals surface area contributed by atoms with Crippen molar-refractivity contribution in [2.75, 3.05) is 13.2 Å². The molecule has 0 spiro atoms. The Bertz CT molecular complexity index is 346. The highest BCUT2D eigenvalue weighted by atomic mass is 16.5. The minimum absolute atomic E-state index is 0.186. The van der Waals surface area contributed by atoms with E-state index in [1.54, 1.807) is 0 Å². The number of amides is 1. The fraction of sp³-hybridized carbons (Fsp3) is 0.875. The molecule has 20 heavy (non-hydrogen) atoms. The number of nitrogens with zero attached hydrogens (tertiary/aromatic N) is 1. The molecule has 1 atom stereocenters. The van der Waals surface area contributed by atoms with Crippen molar-refractivity contribution in [3.63, 3.8) is 0 Å². The summed E-state index contributed by atoms with van der Waals surface area (Å²) in [6, 6.07) is 0.376. The molecule has 0 aliphatic heterocycles. The lowest BCUT2D eigenvalue weighted by atomic mass is 9.88. The second-order valence-corrected chi connectivity index (χ2v) is 6.21. The molecule has 2 aliphatic carbocycles. The molecular formula is C16H27NO3. The van der Waals surface area contributed by atoms with Crippen molar-refractivity contribution in [1.29, 1.82) is 0 Å². The SMILES string of the molecule is CCOC(=O)C(C)CN(C(=O)C1CCCCC1)C1CC1. The smallest absolute Gasteiger partial charge is 0.310 e. The van der Waals surface area contributed by atoms with E-state index in [1.807, 2.05) is 18.7 Å². The summed E-state index contributed by atoms with van der Waals surface area (Å²) in [6.07, 6.45) is 7.82. The Morgan fingerprint density at radius 2 is 1.80 bits per heavy atom. The zero-order valence-corrected chi connectivity index (χ0v) is 12.8. The minimum Gasteiger partial charge on any atom is -0.466 e. The van der Waals surface area contributed by atoms with E-state index in [0.717, 1.165) is 25.7 Å². The summed E-state index contributed by atoms with van der Waals surface area (Å²) >= 11 is 0. The number of rotatable bonds is 6. The van der Waals surface area contributed by atoms with Gasteiger partial charge in [0, 0.05) is 18.5 Å². The Morgan fingerprint density at radius 3 is 2.35 bits per heavy atom. The maximum absolute atomic E-state index is 12.7. The molecule has 0 N–H and O–H groups in total. The van der Waals surface area contributed by atoms with Crippen LogP contribution in [0.3, 0.4) is 0 Å². The van der Waals surface area contributed by atoms with Crippen molar-refractivity contribution in [2.24, 2.45) is 11.8 Å². The molecule has 0 aromatic rings. The first kappa shape index (κ1) is 15.3. The lowest BCUT2D eigenvalue weighted by Crippen LogP contribution is -2.42. The van der Waals surface area contributed by atoms with E-state index in [0.29, 0.717) is 19.2 Å². The molecule has 2 saturated carbocycles. The van der Waals surface area contributed by atoms with Crippen molar-refractivity contribution in [1.82, 2.24) is 4.90 Å². The molecule has 2 fully saturated rings. The second kappa shape index (κ2) is 7.09. The van der Waals surface area contributed by atoms with Crippen LogP contribution in [0.2, 0.25) is 0 Å². The molecule has 0 aromatic heterocycles. The average Bonchev–Trinajstić information content (AvgIpc) is 3.29. The highest BCUT2D eigenvalue weighted by molar-refractivity contribution is 5.80. The number of carbonyl (C=O) groups excluding carboxylic acids is 2. The van der Waals surface area contributed by atoms with Gasteiger partial charge in [-0.1, -0.05) is 26.2 Å². The van der Waals surface area contributed by atoms with E-state index in [1.165, 1.54) is 19.3 Å². The van der Waals surface area contributed by atoms with Crippen LogP contribution in [0.4, 0.5) is 0 Å². The standard InChI is InChI=1S/C16H27NO3/c1-3-20-16(19)12(2)11-17(14-9-10-14)15(18)13-7-5-4-6-8-13/h12-14H,3-11H2,1-2H3. The highest BCUT2D eigenvalue weighted by Gasteiger charge is 2.37. The fourth-order valence-corrected chi connectivity index (χ4v) is 3.04. The monoisotopic (exact) mass is 281 g/mol. The predicted octanol–water partition coefficient (Wildman–Crippen LogP) is 2.76. The first-order valence-electron chi connectivity index (χ1n) is 8.10. The van der Waals surface area contributed by atoms with Gasteiger partial charge in [-0.25, -0.2) is 0 Å². The summed E-state index contributed by atoms with van der Waals surface area (Å²) in [7, 11) is 0. The van der Waals surface area contributed by atoms with Crippen LogP contribution in [0.5, 0.6) is 0 Å². The molecule has 1 amide bonds. The van der Waals surface area contributed by atoms with Gasteiger partial charge in [0.15, 0.2) is 0 Å². The molecule has 0 radical (unpaired) electrons. The van der Waals surface area contributed by atoms with Gasteiger partial charge in [-0.2, -0.15) is 0 Å². The van der Waals surface area contributed by atoms with E-state index in [-0.39, 0.29) is 23.7 Å². The topological polar surface area (TPSA) is 46.6 Å². The van der Waals surface area contributed by atoms with Crippen LogP contribution in [0.1, 0.15) is 58.8 Å². The maximum atomic E-state index is 12.7. The second-order valence-electron chi connectivity index (χ2n) is 6.21. The third-order valence-corrected chi connectivity index (χ3v) is 4.38. The van der Waals surface area contributed by atoms with Crippen molar-refractivity contribution in [2.45, 2.75) is 64.8 Å². The Kier molecular flexibility index (Phi) is 5.44. The van der Waals surface area contributed by atoms with Gasteiger partial charge in [-0.05, 0) is 32.6 Å². The van der Waals surface area contributed by atoms with Crippen molar-refractivity contribution >= 4 is 11.9 Å². The largest absolute Gasteiger partial charge is 0.466 e. The normalized spacial score (nSPS) is 21.3. The molecule has 0 heterocycles. The van der Waals surface area contributed by atoms with Gasteiger partial charge in [0.25, 0.3) is 0 Å². The lowest BCUT2D eigenvalue weighted by molar-refractivity contribution is -0.149. The summed E-state index contributed by atoms with van der Waals surface area (Å²) in [5, 5.41) is 0. The summed E-state index contributed by atoms with van der Waals surface area (Å²) in [5.74, 6) is 0.0692. The van der Waals surface area contributed by atoms with E-state index < -0.39 is 0 Å². The van der Waals surface area contributed by atoms with E-state index >= 15 is 0 Å². The molecular weight excluding hydrogens is 254 g/mol. The molecule has 2 rings (SSSR count). The number of hydrogen-bond acceptors (Lipinski definition) is 3. The van der Waals surface area contributed by atoms with Crippen LogP contribution >= 0.6 is 0 Å². The van der Waals surface area contributed by atoms with Gasteiger partial charge in [0.2, 0.25) is 5.91 Å². The first-order valence-corrected chi connectivity index (χ1v) is 8.10. The van der Waals surface area contributed by atoms with Crippen molar-refractivity contribution in [3.05, 3.63) is 0 Å². The summed E-state index contributed by atoms with van der Waals surface area (Å²) < 4.78 is 5.05. The van der Waals surface area contributed by atoms with E-state index in [4.69, 9.17) is 4.74 Å². The Balaban J connectivity index is 1.92. The Labute approximate surface area is 121 Å². The summed E-state index contributed by atoms with van der Waals surface area (Å²) in [5.41, 5.74) is 0. The molecule has 0 bridgehead atoms. The van der Waals surface area contributed by atoms with Gasteiger partial charge < -0.3 is 9.64 Å². The van der Waals surface area contributed by atoms with Crippen LogP contribution in [0.15, 0.2) is 0 Å². The molecule has 0 aromatic carbocycles. The minimum atomic E-state index is -0.219. The molecule has 0 saturated heterocycles. The van der Waals surface area contributed by atoms with E-state index in [2.05, 4.69) is 0 Å². The van der Waals surface area contributed by atoms with Crippen LogP contribution in [0.25, 0.3) is 0 Å². The maximum Gasteiger partial charge on any atom is 0.310 e. The molecule has 1 unspecified atom stereocenters. The first-order chi connectivity index (χ1) is 9.63. The van der Waals surface area contributed by atoms with Crippen molar-refractivity contribution in [3.8, 4) is 0 Å². The number of ether oxygens (including phenoxy) is 1. The van der Waals surface area contributed by atoms with Gasteiger partial charge in [0.05, 0.1) is 12.5 Å². The summed E-state index contributed by atoms with van der Waals surface area (Å²) in [6.45, 7) is 4.61. The third kappa shape index (κ3) is 3.97. The lowest BCUT2D eigenvalue weighted by Gasteiger charge is -2.30. The highest BCUT2D eigenvalue weighted by Crippen LogP contribution is 2.32. The summed E-state index contributed by atoms with van der Waals surface area (Å²) in [4.78, 5) is 26.4. The zero-order valence-electron chi connectivity index (χ0n) is 12.8. The number of carbonyl (C=O) groups is 2. The number of esters is 1. The van der Waals surface area contributed by atoms with Crippen LogP contribution in [-0.4, -0.2) is 36.0 Å². The molecule has 4 heteroatoms. The Morgan fingerprint density at radius 1 is 1.15 bits per heavy atom. The zero-order chi connectivity index (χ0) is 14.5. The predicted molar refractivity (Wildman–Crippen MR) is 77.1 cm³/mol. The fourth-order valence-electron chi connectivity index (χ4n) is 3.04. The Hall–Kier alpha value is -1.06. The quantitative estimate of drug-likeness (QED) is 0.703.